The SMILES string of the molecule is CCS(=O)(=O)n1cc(C[C@H](N)C(=O)OC)c2ccccc21. The molecule has 0 bridgehead atoms. The zero-order valence-electron chi connectivity index (χ0n) is 11.9. The lowest BCUT2D eigenvalue weighted by Gasteiger charge is -2.07. The number of carbonyl (C=O) groups is 1. The highest BCUT2D eigenvalue weighted by Crippen LogP contribution is 2.24. The standard InChI is InChI=1S/C14H18N2O4S/c1-3-21(18,19)16-9-10(8-12(15)14(17)20-2)11-6-4-5-7-13(11)16/h4-7,9,12H,3,8,15H2,1-2H3/t12-/m0/s1. The predicted octanol–water partition coefficient (Wildman–Crippen LogP) is 0.882. The highest BCUT2D eigenvalue weighted by atomic mass is 32.2. The molecule has 7 heteroatoms. The van der Waals surface area contributed by atoms with Crippen LogP contribution in [-0.4, -0.2) is 37.3 Å². The molecular weight excluding hydrogens is 292 g/mol. The third-order valence-corrected chi connectivity index (χ3v) is 5.00. The monoisotopic (exact) mass is 310 g/mol. The van der Waals surface area contributed by atoms with E-state index in [1.807, 2.05) is 12.1 Å². The average Bonchev–Trinajstić information content (AvgIpc) is 2.86. The molecule has 1 heterocycles. The number of ether oxygens (including phenoxy) is 1. The molecule has 0 aliphatic rings. The Morgan fingerprint density at radius 1 is 1.38 bits per heavy atom. The van der Waals surface area contributed by atoms with E-state index in [1.54, 1.807) is 19.1 Å². The molecule has 2 aromatic rings. The van der Waals surface area contributed by atoms with Crippen LogP contribution in [0.5, 0.6) is 0 Å². The zero-order chi connectivity index (χ0) is 15.6. The maximum absolute atomic E-state index is 12.1. The molecule has 0 spiro atoms. The third-order valence-electron chi connectivity index (χ3n) is 3.37. The summed E-state index contributed by atoms with van der Waals surface area (Å²) in [4.78, 5) is 11.4. The number of hydrogen-bond donors (Lipinski definition) is 1. The fraction of sp³-hybridized carbons (Fsp3) is 0.357. The van der Waals surface area contributed by atoms with Gasteiger partial charge in [-0.05, 0) is 18.6 Å². The Hall–Kier alpha value is -1.86. The number of nitrogens with two attached hydrogens (primary N) is 1. The maximum atomic E-state index is 12.1. The molecule has 0 aliphatic heterocycles. The van der Waals surface area contributed by atoms with Crippen LogP contribution in [0.1, 0.15) is 12.5 Å². The summed E-state index contributed by atoms with van der Waals surface area (Å²) < 4.78 is 30.1. The molecule has 0 amide bonds. The minimum Gasteiger partial charge on any atom is -0.468 e. The van der Waals surface area contributed by atoms with Gasteiger partial charge >= 0.3 is 5.97 Å². The number of para-hydroxylation sites is 1. The Kier molecular flexibility index (Phi) is 4.34. The van der Waals surface area contributed by atoms with E-state index in [9.17, 15) is 13.2 Å². The fourth-order valence-corrected chi connectivity index (χ4v) is 3.25. The molecule has 0 saturated heterocycles. The molecule has 0 unspecified atom stereocenters. The molecule has 0 saturated carbocycles. The lowest BCUT2D eigenvalue weighted by atomic mass is 10.1. The van der Waals surface area contributed by atoms with Crippen LogP contribution in [0, 0.1) is 0 Å². The fourth-order valence-electron chi connectivity index (χ4n) is 2.22. The van der Waals surface area contributed by atoms with Crippen molar-refractivity contribution in [1.29, 1.82) is 0 Å². The lowest BCUT2D eigenvalue weighted by molar-refractivity contribution is -0.142. The van der Waals surface area contributed by atoms with Gasteiger partial charge in [0.1, 0.15) is 6.04 Å². The number of rotatable bonds is 5. The van der Waals surface area contributed by atoms with Crippen molar-refractivity contribution < 1.29 is 17.9 Å². The topological polar surface area (TPSA) is 91.4 Å². The average molecular weight is 310 g/mol. The summed E-state index contributed by atoms with van der Waals surface area (Å²) in [7, 11) is -2.14. The number of nitrogens with zero attached hydrogens (tertiary/aromatic N) is 1. The van der Waals surface area contributed by atoms with Crippen LogP contribution in [0.25, 0.3) is 10.9 Å². The van der Waals surface area contributed by atoms with Crippen LogP contribution in [0.4, 0.5) is 0 Å². The largest absolute Gasteiger partial charge is 0.468 e. The van der Waals surface area contributed by atoms with E-state index in [2.05, 4.69) is 4.74 Å². The Balaban J connectivity index is 2.53. The second-order valence-electron chi connectivity index (χ2n) is 4.70. The van der Waals surface area contributed by atoms with Gasteiger partial charge in [0.2, 0.25) is 10.0 Å². The molecule has 1 aromatic carbocycles. The van der Waals surface area contributed by atoms with E-state index in [0.29, 0.717) is 11.1 Å². The van der Waals surface area contributed by atoms with Crippen LogP contribution in [0.15, 0.2) is 30.5 Å². The molecule has 21 heavy (non-hydrogen) atoms. The molecule has 0 aliphatic carbocycles. The summed E-state index contributed by atoms with van der Waals surface area (Å²) in [6.07, 6.45) is 1.76. The van der Waals surface area contributed by atoms with Gasteiger partial charge in [0.05, 0.1) is 18.4 Å². The van der Waals surface area contributed by atoms with Crippen molar-refractivity contribution in [3.63, 3.8) is 0 Å². The van der Waals surface area contributed by atoms with Crippen molar-refractivity contribution in [3.05, 3.63) is 36.0 Å². The van der Waals surface area contributed by atoms with Gasteiger partial charge in [0, 0.05) is 18.0 Å². The number of hydrogen-bond acceptors (Lipinski definition) is 5. The highest BCUT2D eigenvalue weighted by molar-refractivity contribution is 7.90. The number of carbonyl (C=O) groups excluding carboxylic acids is 1. The van der Waals surface area contributed by atoms with Gasteiger partial charge in [-0.2, -0.15) is 0 Å². The summed E-state index contributed by atoms with van der Waals surface area (Å²) in [6, 6.07) is 6.32. The highest BCUT2D eigenvalue weighted by Gasteiger charge is 2.21. The summed E-state index contributed by atoms with van der Waals surface area (Å²) in [6.45, 7) is 1.59. The maximum Gasteiger partial charge on any atom is 0.322 e. The number of aromatic nitrogens is 1. The summed E-state index contributed by atoms with van der Waals surface area (Å²) >= 11 is 0. The molecule has 1 aromatic heterocycles. The number of esters is 1. The van der Waals surface area contributed by atoms with Gasteiger partial charge < -0.3 is 10.5 Å². The van der Waals surface area contributed by atoms with Gasteiger partial charge in [-0.3, -0.25) is 4.79 Å². The van der Waals surface area contributed by atoms with Crippen molar-refractivity contribution in [2.45, 2.75) is 19.4 Å². The van der Waals surface area contributed by atoms with Gasteiger partial charge in [0.25, 0.3) is 0 Å². The number of benzene rings is 1. The first kappa shape index (κ1) is 15.5. The minimum atomic E-state index is -3.41. The molecule has 0 fully saturated rings. The van der Waals surface area contributed by atoms with Gasteiger partial charge in [0.15, 0.2) is 0 Å². The van der Waals surface area contributed by atoms with Crippen LogP contribution < -0.4 is 5.73 Å². The van der Waals surface area contributed by atoms with Crippen LogP contribution in [0.2, 0.25) is 0 Å². The molecule has 0 radical (unpaired) electrons. The third kappa shape index (κ3) is 2.93. The second kappa shape index (κ2) is 5.87. The van der Waals surface area contributed by atoms with Crippen molar-refractivity contribution >= 4 is 26.9 Å². The van der Waals surface area contributed by atoms with E-state index in [1.165, 1.54) is 17.3 Å². The number of fused-ring (bicyclic) bond motifs is 1. The quantitative estimate of drug-likeness (QED) is 0.828. The van der Waals surface area contributed by atoms with E-state index in [0.717, 1.165) is 5.39 Å². The van der Waals surface area contributed by atoms with Crippen molar-refractivity contribution in [2.24, 2.45) is 5.73 Å². The normalized spacial score (nSPS) is 13.3. The van der Waals surface area contributed by atoms with Crippen molar-refractivity contribution in [1.82, 2.24) is 3.97 Å². The van der Waals surface area contributed by atoms with E-state index in [-0.39, 0.29) is 12.2 Å². The Bertz CT molecular complexity index is 764. The molecule has 2 N–H and O–H groups in total. The first-order valence-electron chi connectivity index (χ1n) is 6.56. The molecule has 6 nitrogen and oxygen atoms in total. The molecule has 1 atom stereocenters. The van der Waals surface area contributed by atoms with Gasteiger partial charge in [-0.1, -0.05) is 18.2 Å². The molecule has 114 valence electrons. The van der Waals surface area contributed by atoms with E-state index >= 15 is 0 Å². The van der Waals surface area contributed by atoms with Crippen molar-refractivity contribution in [2.75, 3.05) is 12.9 Å². The first-order valence-corrected chi connectivity index (χ1v) is 8.17. The lowest BCUT2D eigenvalue weighted by Crippen LogP contribution is -2.33. The first-order chi connectivity index (χ1) is 9.90. The van der Waals surface area contributed by atoms with Crippen molar-refractivity contribution in [3.8, 4) is 0 Å². The molecule has 2 rings (SSSR count). The predicted molar refractivity (Wildman–Crippen MR) is 80.5 cm³/mol. The summed E-state index contributed by atoms with van der Waals surface area (Å²) in [5, 5.41) is 0.772. The summed E-state index contributed by atoms with van der Waals surface area (Å²) in [5.41, 5.74) is 7.07. The Labute approximate surface area is 123 Å². The zero-order valence-corrected chi connectivity index (χ0v) is 12.8. The van der Waals surface area contributed by atoms with Crippen LogP contribution >= 0.6 is 0 Å². The van der Waals surface area contributed by atoms with E-state index < -0.39 is 22.0 Å². The van der Waals surface area contributed by atoms with Gasteiger partial charge in [-0.25, -0.2) is 12.4 Å². The Morgan fingerprint density at radius 2 is 2.05 bits per heavy atom. The van der Waals surface area contributed by atoms with Crippen LogP contribution in [0.3, 0.4) is 0 Å². The van der Waals surface area contributed by atoms with Gasteiger partial charge in [-0.15, -0.1) is 0 Å². The molecular formula is C14H18N2O4S. The van der Waals surface area contributed by atoms with E-state index in [4.69, 9.17) is 5.73 Å². The van der Waals surface area contributed by atoms with Crippen LogP contribution in [-0.2, 0) is 26.0 Å². The smallest absolute Gasteiger partial charge is 0.322 e. The summed E-state index contributed by atoms with van der Waals surface area (Å²) in [5.74, 6) is -0.529. The number of methoxy groups -OCH3 is 1. The minimum absolute atomic E-state index is 0.00578. The Morgan fingerprint density at radius 3 is 2.67 bits per heavy atom. The second-order valence-corrected chi connectivity index (χ2v) is 6.84.